The number of rotatable bonds is 6. The lowest BCUT2D eigenvalue weighted by atomic mass is 9.83. The average Bonchev–Trinajstić information content (AvgIpc) is 2.64. The SMILES string of the molecule is CN1CCC(Cc2ccccn2)(NC(=O)CCN2CCOCC2)CC1. The summed E-state index contributed by atoms with van der Waals surface area (Å²) in [4.78, 5) is 21.7. The number of ether oxygens (including phenoxy) is 1. The van der Waals surface area contributed by atoms with Crippen LogP contribution in [0.3, 0.4) is 0 Å². The predicted octanol–water partition coefficient (Wildman–Crippen LogP) is 0.927. The zero-order valence-electron chi connectivity index (χ0n) is 15.2. The van der Waals surface area contributed by atoms with Crippen molar-refractivity contribution in [1.29, 1.82) is 0 Å². The van der Waals surface area contributed by atoms with Crippen molar-refractivity contribution in [3.05, 3.63) is 30.1 Å². The first kappa shape index (κ1) is 18.3. The molecule has 0 spiro atoms. The van der Waals surface area contributed by atoms with E-state index in [1.807, 2.05) is 18.3 Å². The number of piperidine rings is 1. The molecule has 3 rings (SSSR count). The molecule has 2 aliphatic rings. The normalized spacial score (nSPS) is 21.8. The number of nitrogens with one attached hydrogen (secondary N) is 1. The van der Waals surface area contributed by atoms with E-state index in [2.05, 4.69) is 33.2 Å². The number of hydrogen-bond acceptors (Lipinski definition) is 5. The Hall–Kier alpha value is -1.50. The van der Waals surface area contributed by atoms with E-state index in [9.17, 15) is 4.79 Å². The molecule has 2 aliphatic heterocycles. The number of carbonyl (C=O) groups excluding carboxylic acids is 1. The van der Waals surface area contributed by atoms with E-state index in [0.29, 0.717) is 6.42 Å². The fraction of sp³-hybridized carbons (Fsp3) is 0.684. The van der Waals surface area contributed by atoms with E-state index in [-0.39, 0.29) is 11.4 Å². The summed E-state index contributed by atoms with van der Waals surface area (Å²) in [6, 6.07) is 6.01. The smallest absolute Gasteiger partial charge is 0.221 e. The molecule has 0 saturated carbocycles. The van der Waals surface area contributed by atoms with Crippen molar-refractivity contribution < 1.29 is 9.53 Å². The third-order valence-corrected chi connectivity index (χ3v) is 5.35. The van der Waals surface area contributed by atoms with E-state index >= 15 is 0 Å². The molecule has 1 N–H and O–H groups in total. The number of aromatic nitrogens is 1. The van der Waals surface area contributed by atoms with Crippen LogP contribution in [0.5, 0.6) is 0 Å². The van der Waals surface area contributed by atoms with Crippen LogP contribution in [-0.2, 0) is 16.0 Å². The molecule has 0 radical (unpaired) electrons. The predicted molar refractivity (Wildman–Crippen MR) is 97.4 cm³/mol. The molecule has 0 atom stereocenters. The largest absolute Gasteiger partial charge is 0.379 e. The maximum absolute atomic E-state index is 12.6. The molecule has 1 aromatic rings. The minimum absolute atomic E-state index is 0.159. The van der Waals surface area contributed by atoms with Gasteiger partial charge in [0.2, 0.25) is 5.91 Å². The van der Waals surface area contributed by atoms with Crippen LogP contribution in [0.1, 0.15) is 25.0 Å². The highest BCUT2D eigenvalue weighted by Crippen LogP contribution is 2.25. The van der Waals surface area contributed by atoms with Gasteiger partial charge >= 0.3 is 0 Å². The number of pyridine rings is 1. The number of likely N-dealkylation sites (tertiary alicyclic amines) is 1. The Labute approximate surface area is 150 Å². The summed E-state index contributed by atoms with van der Waals surface area (Å²) in [5.74, 6) is 0.159. The van der Waals surface area contributed by atoms with Crippen molar-refractivity contribution in [2.75, 3.05) is 53.0 Å². The fourth-order valence-corrected chi connectivity index (χ4v) is 3.68. The third-order valence-electron chi connectivity index (χ3n) is 5.35. The van der Waals surface area contributed by atoms with Gasteiger partial charge in [0.1, 0.15) is 0 Å². The standard InChI is InChI=1S/C19H30N4O2/c1-22-10-6-19(7-11-22,16-17-4-2-3-8-20-17)21-18(24)5-9-23-12-14-25-15-13-23/h2-4,8H,5-7,9-16H2,1H3,(H,21,24). The van der Waals surface area contributed by atoms with Gasteiger partial charge in [0.25, 0.3) is 0 Å². The van der Waals surface area contributed by atoms with Gasteiger partial charge < -0.3 is 15.0 Å². The molecule has 0 aromatic carbocycles. The van der Waals surface area contributed by atoms with Crippen LogP contribution in [0.15, 0.2) is 24.4 Å². The van der Waals surface area contributed by atoms with Crippen molar-refractivity contribution >= 4 is 5.91 Å². The highest BCUT2D eigenvalue weighted by atomic mass is 16.5. The Kier molecular flexibility index (Phi) is 6.39. The van der Waals surface area contributed by atoms with Crippen LogP contribution in [0, 0.1) is 0 Å². The highest BCUT2D eigenvalue weighted by Gasteiger charge is 2.35. The second-order valence-corrected chi connectivity index (χ2v) is 7.33. The summed E-state index contributed by atoms with van der Waals surface area (Å²) in [7, 11) is 2.14. The highest BCUT2D eigenvalue weighted by molar-refractivity contribution is 5.77. The molecule has 0 aliphatic carbocycles. The maximum atomic E-state index is 12.6. The van der Waals surface area contributed by atoms with Crippen molar-refractivity contribution in [2.24, 2.45) is 0 Å². The van der Waals surface area contributed by atoms with E-state index < -0.39 is 0 Å². The first-order valence-corrected chi connectivity index (χ1v) is 9.35. The second-order valence-electron chi connectivity index (χ2n) is 7.33. The summed E-state index contributed by atoms with van der Waals surface area (Å²) in [6.45, 7) is 6.24. The van der Waals surface area contributed by atoms with E-state index in [1.54, 1.807) is 0 Å². The molecule has 0 unspecified atom stereocenters. The summed E-state index contributed by atoms with van der Waals surface area (Å²) in [5, 5.41) is 3.38. The van der Waals surface area contributed by atoms with Gasteiger partial charge in [-0.3, -0.25) is 14.7 Å². The zero-order valence-corrected chi connectivity index (χ0v) is 15.2. The van der Waals surface area contributed by atoms with Gasteiger partial charge in [-0.1, -0.05) is 6.07 Å². The average molecular weight is 346 g/mol. The van der Waals surface area contributed by atoms with Crippen molar-refractivity contribution in [3.8, 4) is 0 Å². The summed E-state index contributed by atoms with van der Waals surface area (Å²) in [5.41, 5.74) is 0.892. The fourth-order valence-electron chi connectivity index (χ4n) is 3.68. The molecule has 2 saturated heterocycles. The first-order chi connectivity index (χ1) is 12.2. The van der Waals surface area contributed by atoms with Crippen LogP contribution < -0.4 is 5.32 Å². The third kappa shape index (κ3) is 5.49. The Balaban J connectivity index is 1.58. The van der Waals surface area contributed by atoms with Gasteiger partial charge in [-0.05, 0) is 32.0 Å². The Morgan fingerprint density at radius 1 is 1.24 bits per heavy atom. The van der Waals surface area contributed by atoms with Gasteiger partial charge in [-0.15, -0.1) is 0 Å². The topological polar surface area (TPSA) is 57.7 Å². The second kappa shape index (κ2) is 8.74. The monoisotopic (exact) mass is 346 g/mol. The number of amides is 1. The summed E-state index contributed by atoms with van der Waals surface area (Å²) >= 11 is 0. The Morgan fingerprint density at radius 2 is 2.00 bits per heavy atom. The Morgan fingerprint density at radius 3 is 2.68 bits per heavy atom. The van der Waals surface area contributed by atoms with E-state index in [1.165, 1.54) is 0 Å². The number of carbonyl (C=O) groups is 1. The van der Waals surface area contributed by atoms with Crippen LogP contribution in [0.25, 0.3) is 0 Å². The lowest BCUT2D eigenvalue weighted by Gasteiger charge is -2.41. The lowest BCUT2D eigenvalue weighted by Crippen LogP contribution is -2.56. The molecule has 1 amide bonds. The van der Waals surface area contributed by atoms with Crippen LogP contribution in [0.2, 0.25) is 0 Å². The van der Waals surface area contributed by atoms with Gasteiger partial charge in [-0.25, -0.2) is 0 Å². The molecular formula is C19H30N4O2. The van der Waals surface area contributed by atoms with Crippen molar-refractivity contribution in [3.63, 3.8) is 0 Å². The molecule has 1 aromatic heterocycles. The van der Waals surface area contributed by atoms with Gasteiger partial charge in [0, 0.05) is 63.0 Å². The van der Waals surface area contributed by atoms with Gasteiger partial charge in [0.05, 0.1) is 13.2 Å². The minimum Gasteiger partial charge on any atom is -0.379 e. The lowest BCUT2D eigenvalue weighted by molar-refractivity contribution is -0.124. The minimum atomic E-state index is -0.164. The zero-order chi connectivity index (χ0) is 17.5. The van der Waals surface area contributed by atoms with E-state index in [4.69, 9.17) is 4.74 Å². The van der Waals surface area contributed by atoms with Crippen LogP contribution >= 0.6 is 0 Å². The maximum Gasteiger partial charge on any atom is 0.221 e. The molecule has 0 bridgehead atoms. The molecule has 25 heavy (non-hydrogen) atoms. The number of hydrogen-bond donors (Lipinski definition) is 1. The molecule has 6 heteroatoms. The van der Waals surface area contributed by atoms with E-state index in [0.717, 1.165) is 70.9 Å². The summed E-state index contributed by atoms with van der Waals surface area (Å²) in [6.07, 6.45) is 5.15. The first-order valence-electron chi connectivity index (χ1n) is 9.35. The van der Waals surface area contributed by atoms with Gasteiger partial charge in [0.15, 0.2) is 0 Å². The molecule has 3 heterocycles. The quantitative estimate of drug-likeness (QED) is 0.830. The van der Waals surface area contributed by atoms with Gasteiger partial charge in [-0.2, -0.15) is 0 Å². The molecule has 6 nitrogen and oxygen atoms in total. The van der Waals surface area contributed by atoms with Crippen LogP contribution in [0.4, 0.5) is 0 Å². The van der Waals surface area contributed by atoms with Crippen molar-refractivity contribution in [2.45, 2.75) is 31.2 Å². The molecule has 138 valence electrons. The molecular weight excluding hydrogens is 316 g/mol. The van der Waals surface area contributed by atoms with Crippen molar-refractivity contribution in [1.82, 2.24) is 20.1 Å². The van der Waals surface area contributed by atoms with Crippen LogP contribution in [-0.4, -0.2) is 79.2 Å². The number of morpholine rings is 1. The summed E-state index contributed by atoms with van der Waals surface area (Å²) < 4.78 is 5.37. The Bertz CT molecular complexity index is 538. The molecule has 2 fully saturated rings. The number of nitrogens with zero attached hydrogens (tertiary/aromatic N) is 3.